The molecule has 4 rings (SSSR count). The summed E-state index contributed by atoms with van der Waals surface area (Å²) in [5.41, 5.74) is 1.50. The molecule has 168 valence electrons. The van der Waals surface area contributed by atoms with Crippen molar-refractivity contribution < 1.29 is 14.0 Å². The highest BCUT2D eigenvalue weighted by Crippen LogP contribution is 2.26. The first-order chi connectivity index (χ1) is 15.7. The SMILES string of the molecule is O=C(NCCCCCCC1CCN(C(=O)c2cc3ccccc3o2)C1)Nc1ccncc1. The van der Waals surface area contributed by atoms with E-state index in [-0.39, 0.29) is 11.9 Å². The molecule has 0 aliphatic carbocycles. The van der Waals surface area contributed by atoms with Crippen LogP contribution < -0.4 is 10.6 Å². The van der Waals surface area contributed by atoms with Crippen LogP contribution in [0, 0.1) is 5.92 Å². The van der Waals surface area contributed by atoms with E-state index in [9.17, 15) is 9.59 Å². The largest absolute Gasteiger partial charge is 0.451 e. The highest BCUT2D eigenvalue weighted by atomic mass is 16.3. The molecule has 1 unspecified atom stereocenters. The van der Waals surface area contributed by atoms with Crippen LogP contribution in [0.2, 0.25) is 0 Å². The van der Waals surface area contributed by atoms with Crippen LogP contribution in [0.1, 0.15) is 49.1 Å². The summed E-state index contributed by atoms with van der Waals surface area (Å²) in [6, 6.07) is 12.9. The summed E-state index contributed by atoms with van der Waals surface area (Å²) in [7, 11) is 0. The Bertz CT molecular complexity index is 1000. The van der Waals surface area contributed by atoms with E-state index in [0.717, 1.165) is 68.3 Å². The molecule has 7 heteroatoms. The van der Waals surface area contributed by atoms with Crippen molar-refractivity contribution in [3.05, 3.63) is 60.6 Å². The highest BCUT2D eigenvalue weighted by Gasteiger charge is 2.28. The minimum absolute atomic E-state index is 0.000170. The van der Waals surface area contributed by atoms with E-state index < -0.39 is 0 Å². The van der Waals surface area contributed by atoms with Gasteiger partial charge >= 0.3 is 6.03 Å². The Morgan fingerprint density at radius 2 is 1.88 bits per heavy atom. The molecule has 1 atom stereocenters. The summed E-state index contributed by atoms with van der Waals surface area (Å²) in [4.78, 5) is 30.5. The van der Waals surface area contributed by atoms with E-state index in [1.54, 1.807) is 24.5 Å². The topological polar surface area (TPSA) is 87.5 Å². The number of aromatic nitrogens is 1. The Kier molecular flexibility index (Phi) is 7.38. The number of hydrogen-bond donors (Lipinski definition) is 2. The molecule has 0 saturated carbocycles. The number of nitrogens with one attached hydrogen (secondary N) is 2. The number of urea groups is 1. The molecule has 7 nitrogen and oxygen atoms in total. The van der Waals surface area contributed by atoms with Crippen molar-refractivity contribution in [2.75, 3.05) is 25.0 Å². The predicted molar refractivity (Wildman–Crippen MR) is 125 cm³/mol. The lowest BCUT2D eigenvalue weighted by molar-refractivity contribution is 0.0757. The number of amides is 3. The van der Waals surface area contributed by atoms with E-state index in [4.69, 9.17) is 4.42 Å². The average molecular weight is 435 g/mol. The standard InChI is InChI=1S/C25H30N4O3/c30-24(23-17-20-8-4-5-9-22(20)32-23)29-16-12-19(18-29)7-3-1-2-6-13-27-25(31)28-21-10-14-26-15-11-21/h4-5,8-11,14-15,17,19H,1-3,6-7,12-13,16,18H2,(H2,26,27,28,31). The third-order valence-corrected chi connectivity index (χ3v) is 5.97. The minimum atomic E-state index is -0.184. The summed E-state index contributed by atoms with van der Waals surface area (Å²) >= 11 is 0. The van der Waals surface area contributed by atoms with Gasteiger partial charge in [-0.05, 0) is 49.4 Å². The highest BCUT2D eigenvalue weighted by molar-refractivity contribution is 5.96. The van der Waals surface area contributed by atoms with Crippen molar-refractivity contribution in [3.63, 3.8) is 0 Å². The van der Waals surface area contributed by atoms with E-state index >= 15 is 0 Å². The van der Waals surface area contributed by atoms with E-state index in [1.807, 2.05) is 35.2 Å². The average Bonchev–Trinajstić information content (AvgIpc) is 3.46. The summed E-state index contributed by atoms with van der Waals surface area (Å²) in [6.07, 6.45) is 9.83. The number of nitrogens with zero attached hydrogens (tertiary/aromatic N) is 2. The third kappa shape index (κ3) is 5.87. The number of fused-ring (bicyclic) bond motifs is 1. The monoisotopic (exact) mass is 434 g/mol. The van der Waals surface area contributed by atoms with Crippen LogP contribution >= 0.6 is 0 Å². The fourth-order valence-electron chi connectivity index (χ4n) is 4.22. The maximum absolute atomic E-state index is 12.8. The van der Waals surface area contributed by atoms with Crippen molar-refractivity contribution in [2.24, 2.45) is 5.92 Å². The summed E-state index contributed by atoms with van der Waals surface area (Å²) < 4.78 is 5.74. The van der Waals surface area contributed by atoms with Crippen molar-refractivity contribution in [3.8, 4) is 0 Å². The lowest BCUT2D eigenvalue weighted by Crippen LogP contribution is -2.29. The molecule has 0 bridgehead atoms. The Hall–Kier alpha value is -3.35. The number of anilines is 1. The molecule has 2 N–H and O–H groups in total. The van der Waals surface area contributed by atoms with Crippen LogP contribution in [0.3, 0.4) is 0 Å². The first-order valence-corrected chi connectivity index (χ1v) is 11.4. The smallest absolute Gasteiger partial charge is 0.319 e. The normalized spacial score (nSPS) is 15.8. The molecule has 32 heavy (non-hydrogen) atoms. The van der Waals surface area contributed by atoms with Gasteiger partial charge in [0, 0.05) is 43.1 Å². The molecule has 0 spiro atoms. The van der Waals surface area contributed by atoms with Crippen LogP contribution in [0.5, 0.6) is 0 Å². The van der Waals surface area contributed by atoms with Gasteiger partial charge in [-0.3, -0.25) is 9.78 Å². The zero-order chi connectivity index (χ0) is 22.2. The van der Waals surface area contributed by atoms with Crippen LogP contribution in [-0.4, -0.2) is 41.5 Å². The van der Waals surface area contributed by atoms with Crippen molar-refractivity contribution >= 4 is 28.6 Å². The summed E-state index contributed by atoms with van der Waals surface area (Å²) in [5, 5.41) is 6.64. The van der Waals surface area contributed by atoms with Crippen LogP contribution in [0.15, 0.2) is 59.3 Å². The van der Waals surface area contributed by atoms with E-state index in [0.29, 0.717) is 18.2 Å². The number of likely N-dealkylation sites (tertiary alicyclic amines) is 1. The quantitative estimate of drug-likeness (QED) is 0.461. The van der Waals surface area contributed by atoms with Crippen LogP contribution in [-0.2, 0) is 0 Å². The second-order valence-electron chi connectivity index (χ2n) is 8.37. The maximum atomic E-state index is 12.8. The fourth-order valence-corrected chi connectivity index (χ4v) is 4.22. The second-order valence-corrected chi connectivity index (χ2v) is 8.37. The first-order valence-electron chi connectivity index (χ1n) is 11.4. The molecule has 1 aliphatic heterocycles. The lowest BCUT2D eigenvalue weighted by Gasteiger charge is -2.15. The Balaban J connectivity index is 1.08. The zero-order valence-corrected chi connectivity index (χ0v) is 18.3. The van der Waals surface area contributed by atoms with Gasteiger partial charge in [0.05, 0.1) is 0 Å². The Morgan fingerprint density at radius 3 is 2.72 bits per heavy atom. The van der Waals surface area contributed by atoms with Gasteiger partial charge < -0.3 is 20.0 Å². The van der Waals surface area contributed by atoms with Gasteiger partial charge in [-0.15, -0.1) is 0 Å². The van der Waals surface area contributed by atoms with Gasteiger partial charge in [-0.2, -0.15) is 0 Å². The van der Waals surface area contributed by atoms with Gasteiger partial charge in [0.2, 0.25) is 0 Å². The number of para-hydroxylation sites is 1. The third-order valence-electron chi connectivity index (χ3n) is 5.97. The number of hydrogen-bond acceptors (Lipinski definition) is 4. The number of furan rings is 1. The molecule has 3 aromatic rings. The van der Waals surface area contributed by atoms with Crippen molar-refractivity contribution in [1.29, 1.82) is 0 Å². The second kappa shape index (κ2) is 10.8. The van der Waals surface area contributed by atoms with Crippen LogP contribution in [0.25, 0.3) is 11.0 Å². The number of benzene rings is 1. The number of rotatable bonds is 9. The van der Waals surface area contributed by atoms with Gasteiger partial charge in [0.25, 0.3) is 5.91 Å². The van der Waals surface area contributed by atoms with Crippen LogP contribution in [0.4, 0.5) is 10.5 Å². The molecule has 1 aliphatic rings. The van der Waals surface area contributed by atoms with E-state index in [1.165, 1.54) is 0 Å². The summed E-state index contributed by atoms with van der Waals surface area (Å²) in [5.74, 6) is 1.000. The number of unbranched alkanes of at least 4 members (excludes halogenated alkanes) is 3. The number of pyridine rings is 1. The Morgan fingerprint density at radius 1 is 1.06 bits per heavy atom. The van der Waals surface area contributed by atoms with Gasteiger partial charge in [-0.25, -0.2) is 4.79 Å². The van der Waals surface area contributed by atoms with Gasteiger partial charge in [0.1, 0.15) is 5.58 Å². The fraction of sp³-hybridized carbons (Fsp3) is 0.400. The van der Waals surface area contributed by atoms with Gasteiger partial charge in [0.15, 0.2) is 5.76 Å². The molecule has 1 saturated heterocycles. The number of carbonyl (C=O) groups excluding carboxylic acids is 2. The lowest BCUT2D eigenvalue weighted by atomic mass is 10.00. The van der Waals surface area contributed by atoms with Crippen molar-refractivity contribution in [1.82, 2.24) is 15.2 Å². The minimum Gasteiger partial charge on any atom is -0.451 e. The molecule has 0 radical (unpaired) electrons. The van der Waals surface area contributed by atoms with Crippen molar-refractivity contribution in [2.45, 2.75) is 38.5 Å². The predicted octanol–water partition coefficient (Wildman–Crippen LogP) is 5.06. The molecule has 3 heterocycles. The maximum Gasteiger partial charge on any atom is 0.319 e. The summed E-state index contributed by atoms with van der Waals surface area (Å²) in [6.45, 7) is 2.28. The zero-order valence-electron chi connectivity index (χ0n) is 18.3. The molecule has 2 aromatic heterocycles. The number of carbonyl (C=O) groups is 2. The molecular formula is C25H30N4O3. The van der Waals surface area contributed by atoms with Gasteiger partial charge in [-0.1, -0.05) is 37.5 Å². The molecule has 1 aromatic carbocycles. The molecular weight excluding hydrogens is 404 g/mol. The molecule has 3 amide bonds. The van der Waals surface area contributed by atoms with E-state index in [2.05, 4.69) is 15.6 Å². The Labute approximate surface area is 188 Å². The molecule has 1 fully saturated rings. The first kappa shape index (κ1) is 21.9.